The Kier molecular flexibility index (Phi) is 2.33. The summed E-state index contributed by atoms with van der Waals surface area (Å²) in [6.45, 7) is 1.98. The fourth-order valence-corrected chi connectivity index (χ4v) is 1.35. The van der Waals surface area contributed by atoms with Crippen molar-refractivity contribution in [1.82, 2.24) is 9.78 Å². The third kappa shape index (κ3) is 1.67. The van der Waals surface area contributed by atoms with Gasteiger partial charge in [-0.15, -0.1) is 0 Å². The third-order valence-electron chi connectivity index (χ3n) is 2.19. The first-order chi connectivity index (χ1) is 6.77. The molecule has 0 aliphatic heterocycles. The first-order valence-corrected chi connectivity index (χ1v) is 4.63. The lowest BCUT2D eigenvalue weighted by atomic mass is 10.1. The van der Waals surface area contributed by atoms with E-state index in [0.717, 1.165) is 11.3 Å². The minimum absolute atomic E-state index is 0.0849. The van der Waals surface area contributed by atoms with Crippen molar-refractivity contribution in [3.8, 4) is 5.69 Å². The minimum atomic E-state index is 0.0849. The molecule has 0 radical (unpaired) electrons. The molecule has 0 spiro atoms. The zero-order chi connectivity index (χ0) is 9.97. The SMILES string of the molecule is CC(N)c1ccc(-n2cccn2)cc1. The van der Waals surface area contributed by atoms with Crippen molar-refractivity contribution < 1.29 is 0 Å². The molecule has 72 valence electrons. The van der Waals surface area contributed by atoms with E-state index < -0.39 is 0 Å². The summed E-state index contributed by atoms with van der Waals surface area (Å²) in [6.07, 6.45) is 3.68. The van der Waals surface area contributed by atoms with Crippen molar-refractivity contribution in [2.24, 2.45) is 5.73 Å². The van der Waals surface area contributed by atoms with Crippen LogP contribution in [0.15, 0.2) is 42.7 Å². The van der Waals surface area contributed by atoms with Gasteiger partial charge in [0.15, 0.2) is 0 Å². The molecule has 0 amide bonds. The molecule has 1 heterocycles. The molecule has 0 saturated carbocycles. The van der Waals surface area contributed by atoms with Crippen LogP contribution < -0.4 is 5.73 Å². The molecule has 2 aromatic rings. The molecule has 2 rings (SSSR count). The van der Waals surface area contributed by atoms with E-state index >= 15 is 0 Å². The normalized spacial score (nSPS) is 12.7. The highest BCUT2D eigenvalue weighted by Gasteiger charge is 1.99. The Hall–Kier alpha value is -1.61. The molecule has 3 nitrogen and oxygen atoms in total. The van der Waals surface area contributed by atoms with Crippen molar-refractivity contribution in [3.05, 3.63) is 48.3 Å². The minimum Gasteiger partial charge on any atom is -0.324 e. The molecule has 0 aliphatic rings. The zero-order valence-corrected chi connectivity index (χ0v) is 8.09. The number of nitrogens with zero attached hydrogens (tertiary/aromatic N) is 2. The summed E-state index contributed by atoms with van der Waals surface area (Å²) in [7, 11) is 0. The average molecular weight is 187 g/mol. The molecule has 1 aromatic carbocycles. The van der Waals surface area contributed by atoms with Crippen molar-refractivity contribution in [3.63, 3.8) is 0 Å². The van der Waals surface area contributed by atoms with E-state index in [1.54, 1.807) is 6.20 Å². The second-order valence-corrected chi connectivity index (χ2v) is 3.33. The van der Waals surface area contributed by atoms with Gasteiger partial charge in [0, 0.05) is 18.4 Å². The van der Waals surface area contributed by atoms with E-state index in [4.69, 9.17) is 5.73 Å². The van der Waals surface area contributed by atoms with E-state index in [2.05, 4.69) is 5.10 Å². The summed E-state index contributed by atoms with van der Waals surface area (Å²) >= 11 is 0. The highest BCUT2D eigenvalue weighted by atomic mass is 15.3. The standard InChI is InChI=1S/C11H13N3/c1-9(12)10-3-5-11(6-4-10)14-8-2-7-13-14/h2-9H,12H2,1H3. The predicted molar refractivity (Wildman–Crippen MR) is 56.2 cm³/mol. The van der Waals surface area contributed by atoms with Crippen molar-refractivity contribution in [2.75, 3.05) is 0 Å². The van der Waals surface area contributed by atoms with Gasteiger partial charge in [0.2, 0.25) is 0 Å². The van der Waals surface area contributed by atoms with E-state index in [1.165, 1.54) is 0 Å². The number of aromatic nitrogens is 2. The van der Waals surface area contributed by atoms with Gasteiger partial charge in [0.25, 0.3) is 0 Å². The largest absolute Gasteiger partial charge is 0.324 e. The van der Waals surface area contributed by atoms with Crippen LogP contribution in [0, 0.1) is 0 Å². The Labute approximate surface area is 83.2 Å². The van der Waals surface area contributed by atoms with Gasteiger partial charge in [0.1, 0.15) is 0 Å². The van der Waals surface area contributed by atoms with Crippen LogP contribution in [-0.4, -0.2) is 9.78 Å². The van der Waals surface area contributed by atoms with Crippen molar-refractivity contribution in [1.29, 1.82) is 0 Å². The Morgan fingerprint density at radius 2 is 2.00 bits per heavy atom. The molecule has 1 aromatic heterocycles. The monoisotopic (exact) mass is 187 g/mol. The Bertz CT molecular complexity index is 387. The first-order valence-electron chi connectivity index (χ1n) is 4.63. The van der Waals surface area contributed by atoms with E-state index in [-0.39, 0.29) is 6.04 Å². The second-order valence-electron chi connectivity index (χ2n) is 3.33. The number of rotatable bonds is 2. The molecular formula is C11H13N3. The lowest BCUT2D eigenvalue weighted by Crippen LogP contribution is -2.05. The van der Waals surface area contributed by atoms with Gasteiger partial charge in [-0.2, -0.15) is 5.10 Å². The fourth-order valence-electron chi connectivity index (χ4n) is 1.35. The second kappa shape index (κ2) is 3.64. The number of hydrogen-bond acceptors (Lipinski definition) is 2. The van der Waals surface area contributed by atoms with Crippen molar-refractivity contribution in [2.45, 2.75) is 13.0 Å². The van der Waals surface area contributed by atoms with Gasteiger partial charge in [-0.05, 0) is 30.7 Å². The summed E-state index contributed by atoms with van der Waals surface area (Å²) in [5.74, 6) is 0. The van der Waals surface area contributed by atoms with Gasteiger partial charge in [-0.1, -0.05) is 12.1 Å². The van der Waals surface area contributed by atoms with Crippen LogP contribution in [0.2, 0.25) is 0 Å². The molecular weight excluding hydrogens is 174 g/mol. The third-order valence-corrected chi connectivity index (χ3v) is 2.19. The highest BCUT2D eigenvalue weighted by molar-refractivity contribution is 5.34. The number of nitrogens with two attached hydrogens (primary N) is 1. The summed E-state index contributed by atoms with van der Waals surface area (Å²) in [5.41, 5.74) is 7.95. The molecule has 0 bridgehead atoms. The van der Waals surface area contributed by atoms with Crippen LogP contribution >= 0.6 is 0 Å². The smallest absolute Gasteiger partial charge is 0.0645 e. The van der Waals surface area contributed by atoms with Crippen LogP contribution in [0.1, 0.15) is 18.5 Å². The fraction of sp³-hybridized carbons (Fsp3) is 0.182. The number of hydrogen-bond donors (Lipinski definition) is 1. The highest BCUT2D eigenvalue weighted by Crippen LogP contribution is 2.12. The lowest BCUT2D eigenvalue weighted by molar-refractivity contribution is 0.814. The van der Waals surface area contributed by atoms with Crippen LogP contribution in [0.25, 0.3) is 5.69 Å². The van der Waals surface area contributed by atoms with Crippen LogP contribution in [0.5, 0.6) is 0 Å². The summed E-state index contributed by atoms with van der Waals surface area (Å²) in [4.78, 5) is 0. The van der Waals surface area contributed by atoms with Crippen molar-refractivity contribution >= 4 is 0 Å². The summed E-state index contributed by atoms with van der Waals surface area (Å²) in [6, 6.07) is 10.1. The first kappa shape index (κ1) is 8.97. The van der Waals surface area contributed by atoms with E-state index in [0.29, 0.717) is 0 Å². The average Bonchev–Trinajstić information content (AvgIpc) is 2.71. The molecule has 0 aliphatic carbocycles. The summed E-state index contributed by atoms with van der Waals surface area (Å²) in [5, 5.41) is 4.15. The topological polar surface area (TPSA) is 43.8 Å². The molecule has 1 unspecified atom stereocenters. The van der Waals surface area contributed by atoms with Gasteiger partial charge in [-0.25, -0.2) is 4.68 Å². The Morgan fingerprint density at radius 3 is 2.50 bits per heavy atom. The molecule has 2 N–H and O–H groups in total. The van der Waals surface area contributed by atoms with Gasteiger partial charge in [-0.3, -0.25) is 0 Å². The maximum absolute atomic E-state index is 5.76. The Morgan fingerprint density at radius 1 is 1.29 bits per heavy atom. The van der Waals surface area contributed by atoms with E-state index in [1.807, 2.05) is 48.1 Å². The van der Waals surface area contributed by atoms with Gasteiger partial charge < -0.3 is 5.73 Å². The quantitative estimate of drug-likeness (QED) is 0.780. The zero-order valence-electron chi connectivity index (χ0n) is 8.09. The molecule has 0 fully saturated rings. The maximum Gasteiger partial charge on any atom is 0.0645 e. The van der Waals surface area contributed by atoms with Crippen LogP contribution in [-0.2, 0) is 0 Å². The molecule has 3 heteroatoms. The van der Waals surface area contributed by atoms with E-state index in [9.17, 15) is 0 Å². The molecule has 1 atom stereocenters. The molecule has 0 saturated heterocycles. The van der Waals surface area contributed by atoms with Crippen LogP contribution in [0.4, 0.5) is 0 Å². The Balaban J connectivity index is 2.31. The lowest BCUT2D eigenvalue weighted by Gasteiger charge is -2.06. The summed E-state index contributed by atoms with van der Waals surface area (Å²) < 4.78 is 1.82. The van der Waals surface area contributed by atoms with Gasteiger partial charge >= 0.3 is 0 Å². The van der Waals surface area contributed by atoms with Gasteiger partial charge in [0.05, 0.1) is 5.69 Å². The maximum atomic E-state index is 5.76. The predicted octanol–water partition coefficient (Wildman–Crippen LogP) is 1.89. The number of benzene rings is 1. The molecule has 14 heavy (non-hydrogen) atoms. The van der Waals surface area contributed by atoms with Crippen LogP contribution in [0.3, 0.4) is 0 Å².